The Kier molecular flexibility index (Phi) is 5.71. The van der Waals surface area contributed by atoms with Crippen molar-refractivity contribution in [3.63, 3.8) is 0 Å². The van der Waals surface area contributed by atoms with Crippen LogP contribution in [0.15, 0.2) is 89.6 Å². The second-order valence-corrected chi connectivity index (χ2v) is 6.54. The van der Waals surface area contributed by atoms with Gasteiger partial charge in [-0.2, -0.15) is 0 Å². The topological polar surface area (TPSA) is 80.9 Å². The third-order valence-electron chi connectivity index (χ3n) is 4.54. The van der Waals surface area contributed by atoms with Gasteiger partial charge in [0.05, 0.1) is 11.5 Å². The molecule has 6 heteroatoms. The molecule has 29 heavy (non-hydrogen) atoms. The largest absolute Gasteiger partial charge is 0.421 e. The molecule has 0 aliphatic heterocycles. The van der Waals surface area contributed by atoms with Gasteiger partial charge in [0, 0.05) is 25.4 Å². The molecule has 6 nitrogen and oxygen atoms in total. The fourth-order valence-electron chi connectivity index (χ4n) is 3.14. The van der Waals surface area contributed by atoms with Crippen LogP contribution in [-0.4, -0.2) is 27.6 Å². The lowest BCUT2D eigenvalue weighted by Crippen LogP contribution is -2.31. The lowest BCUT2D eigenvalue weighted by atomic mass is 9.90. The zero-order valence-corrected chi connectivity index (χ0v) is 15.7. The van der Waals surface area contributed by atoms with Gasteiger partial charge in [0.25, 0.3) is 0 Å². The third kappa shape index (κ3) is 4.55. The Hall–Kier alpha value is -3.80. The molecule has 1 N–H and O–H groups in total. The molecule has 0 aliphatic rings. The van der Waals surface area contributed by atoms with Crippen molar-refractivity contribution in [1.29, 1.82) is 0 Å². The molecule has 4 rings (SSSR count). The van der Waals surface area contributed by atoms with Crippen LogP contribution in [-0.2, 0) is 11.2 Å². The standard InChI is InChI=1S/C23H20N4O2/c28-22(21(17-8-3-1-4-9-17)18-10-5-2-6-11-18)25-15-13-20-26-27-23(29-20)19-12-7-14-24-16-19/h1-12,14,16,21H,13,15H2,(H,25,28). The zero-order valence-electron chi connectivity index (χ0n) is 15.7. The minimum atomic E-state index is -0.369. The molecule has 2 aromatic heterocycles. The summed E-state index contributed by atoms with van der Waals surface area (Å²) in [6.45, 7) is 0.406. The number of benzene rings is 2. The van der Waals surface area contributed by atoms with Crippen LogP contribution in [0.5, 0.6) is 0 Å². The highest BCUT2D eigenvalue weighted by Gasteiger charge is 2.22. The Morgan fingerprint density at radius 1 is 0.897 bits per heavy atom. The Morgan fingerprint density at radius 3 is 2.21 bits per heavy atom. The quantitative estimate of drug-likeness (QED) is 0.526. The first-order valence-electron chi connectivity index (χ1n) is 9.41. The minimum Gasteiger partial charge on any atom is -0.421 e. The minimum absolute atomic E-state index is 0.0607. The van der Waals surface area contributed by atoms with Crippen molar-refractivity contribution in [1.82, 2.24) is 20.5 Å². The highest BCUT2D eigenvalue weighted by molar-refractivity contribution is 5.87. The summed E-state index contributed by atoms with van der Waals surface area (Å²) in [6, 6.07) is 23.2. The van der Waals surface area contributed by atoms with Gasteiger partial charge in [0.1, 0.15) is 0 Å². The first-order valence-corrected chi connectivity index (χ1v) is 9.41. The summed E-state index contributed by atoms with van der Waals surface area (Å²) < 4.78 is 5.67. The van der Waals surface area contributed by atoms with E-state index in [9.17, 15) is 4.79 Å². The number of nitrogens with one attached hydrogen (secondary N) is 1. The van der Waals surface area contributed by atoms with Crippen molar-refractivity contribution in [3.05, 3.63) is 102 Å². The normalized spacial score (nSPS) is 10.8. The molecule has 0 fully saturated rings. The van der Waals surface area contributed by atoms with Crippen LogP contribution in [0.25, 0.3) is 11.5 Å². The summed E-state index contributed by atoms with van der Waals surface area (Å²) in [4.78, 5) is 17.0. The van der Waals surface area contributed by atoms with Gasteiger partial charge in [-0.05, 0) is 23.3 Å². The van der Waals surface area contributed by atoms with Crippen molar-refractivity contribution in [3.8, 4) is 11.5 Å². The predicted molar refractivity (Wildman–Crippen MR) is 109 cm³/mol. The lowest BCUT2D eigenvalue weighted by Gasteiger charge is -2.17. The first kappa shape index (κ1) is 18.6. The highest BCUT2D eigenvalue weighted by atomic mass is 16.4. The van der Waals surface area contributed by atoms with Crippen molar-refractivity contribution in [2.75, 3.05) is 6.54 Å². The van der Waals surface area contributed by atoms with Crippen molar-refractivity contribution in [2.24, 2.45) is 0 Å². The molecule has 0 radical (unpaired) electrons. The van der Waals surface area contributed by atoms with E-state index in [1.165, 1.54) is 0 Å². The summed E-state index contributed by atoms with van der Waals surface area (Å²) in [6.07, 6.45) is 3.81. The Bertz CT molecular complexity index is 1010. The molecule has 0 saturated heterocycles. The molecule has 0 atom stereocenters. The van der Waals surface area contributed by atoms with Crippen molar-refractivity contribution >= 4 is 5.91 Å². The molecule has 4 aromatic rings. The number of carbonyl (C=O) groups excluding carboxylic acids is 1. The molecule has 144 valence electrons. The van der Waals surface area contributed by atoms with E-state index >= 15 is 0 Å². The fourth-order valence-corrected chi connectivity index (χ4v) is 3.14. The van der Waals surface area contributed by atoms with Crippen LogP contribution in [0, 0.1) is 0 Å². The number of amides is 1. The molecule has 2 aromatic carbocycles. The number of rotatable bonds is 7. The number of nitrogens with zero attached hydrogens (tertiary/aromatic N) is 3. The van der Waals surface area contributed by atoms with Crippen LogP contribution >= 0.6 is 0 Å². The maximum atomic E-state index is 13.0. The number of hydrogen-bond acceptors (Lipinski definition) is 5. The zero-order chi connectivity index (χ0) is 19.9. The average Bonchev–Trinajstić information content (AvgIpc) is 3.25. The molecular weight excluding hydrogens is 364 g/mol. The van der Waals surface area contributed by atoms with Crippen molar-refractivity contribution < 1.29 is 9.21 Å². The molecule has 0 bridgehead atoms. The molecule has 1 amide bonds. The fraction of sp³-hybridized carbons (Fsp3) is 0.130. The van der Waals surface area contributed by atoms with E-state index in [0.717, 1.165) is 16.7 Å². The Morgan fingerprint density at radius 2 is 1.59 bits per heavy atom. The third-order valence-corrected chi connectivity index (χ3v) is 4.54. The predicted octanol–water partition coefficient (Wildman–Crippen LogP) is 3.62. The monoisotopic (exact) mass is 384 g/mol. The maximum Gasteiger partial charge on any atom is 0.249 e. The SMILES string of the molecule is O=C(NCCc1nnc(-c2cccnc2)o1)C(c1ccccc1)c1ccccc1. The highest BCUT2D eigenvalue weighted by Crippen LogP contribution is 2.24. The van der Waals surface area contributed by atoms with Gasteiger partial charge >= 0.3 is 0 Å². The van der Waals surface area contributed by atoms with E-state index < -0.39 is 0 Å². The van der Waals surface area contributed by atoms with Gasteiger partial charge in [0.15, 0.2) is 0 Å². The molecule has 0 unspecified atom stereocenters. The second-order valence-electron chi connectivity index (χ2n) is 6.54. The van der Waals surface area contributed by atoms with E-state index in [2.05, 4.69) is 20.5 Å². The van der Waals surface area contributed by atoms with Crippen LogP contribution < -0.4 is 5.32 Å². The number of aromatic nitrogens is 3. The number of pyridine rings is 1. The summed E-state index contributed by atoms with van der Waals surface area (Å²) in [5.74, 6) is 0.464. The molecule has 0 saturated carbocycles. The molecule has 0 spiro atoms. The van der Waals surface area contributed by atoms with Gasteiger partial charge < -0.3 is 9.73 Å². The summed E-state index contributed by atoms with van der Waals surface area (Å²) in [5.41, 5.74) is 2.67. The molecule has 2 heterocycles. The summed E-state index contributed by atoms with van der Waals surface area (Å²) in [5, 5.41) is 11.1. The van der Waals surface area contributed by atoms with Crippen molar-refractivity contribution in [2.45, 2.75) is 12.3 Å². The Labute approximate surface area is 168 Å². The maximum absolute atomic E-state index is 13.0. The van der Waals surface area contributed by atoms with Gasteiger partial charge in [-0.1, -0.05) is 60.7 Å². The van der Waals surface area contributed by atoms with E-state index in [4.69, 9.17) is 4.42 Å². The van der Waals surface area contributed by atoms with Gasteiger partial charge in [0.2, 0.25) is 17.7 Å². The van der Waals surface area contributed by atoms with Gasteiger partial charge in [-0.15, -0.1) is 10.2 Å². The van der Waals surface area contributed by atoms with Crippen LogP contribution in [0.2, 0.25) is 0 Å². The first-order chi connectivity index (χ1) is 14.3. The van der Waals surface area contributed by atoms with E-state index in [-0.39, 0.29) is 11.8 Å². The summed E-state index contributed by atoms with van der Waals surface area (Å²) >= 11 is 0. The Balaban J connectivity index is 1.42. The van der Waals surface area contributed by atoms with E-state index in [1.807, 2.05) is 72.8 Å². The summed E-state index contributed by atoms with van der Waals surface area (Å²) in [7, 11) is 0. The number of hydrogen-bond donors (Lipinski definition) is 1. The number of carbonyl (C=O) groups is 1. The average molecular weight is 384 g/mol. The van der Waals surface area contributed by atoms with Crippen LogP contribution in [0.1, 0.15) is 22.9 Å². The van der Waals surface area contributed by atoms with E-state index in [0.29, 0.717) is 24.7 Å². The smallest absolute Gasteiger partial charge is 0.249 e. The van der Waals surface area contributed by atoms with Crippen LogP contribution in [0.3, 0.4) is 0 Å². The molecule has 0 aliphatic carbocycles. The van der Waals surface area contributed by atoms with Crippen LogP contribution in [0.4, 0.5) is 0 Å². The van der Waals surface area contributed by atoms with Gasteiger partial charge in [-0.25, -0.2) is 0 Å². The molecular formula is C23H20N4O2. The second kappa shape index (κ2) is 8.93. The van der Waals surface area contributed by atoms with E-state index in [1.54, 1.807) is 12.4 Å². The lowest BCUT2D eigenvalue weighted by molar-refractivity contribution is -0.121. The van der Waals surface area contributed by atoms with Gasteiger partial charge in [-0.3, -0.25) is 9.78 Å².